The normalized spacial score (nSPS) is 13.6. The van der Waals surface area contributed by atoms with Gasteiger partial charge < -0.3 is 4.55 Å². The zero-order valence-corrected chi connectivity index (χ0v) is 7.10. The average molecular weight is 158 g/mol. The lowest BCUT2D eigenvalue weighted by molar-refractivity contribution is 0.583. The van der Waals surface area contributed by atoms with Gasteiger partial charge in [0.25, 0.3) is 0 Å². The van der Waals surface area contributed by atoms with Crippen LogP contribution in [0, 0.1) is 6.92 Å². The van der Waals surface area contributed by atoms with E-state index in [1.807, 2.05) is 18.5 Å². The standard InChI is InChI=1S/C6H10N2OS/c1-5-4-7-6(8(5)2)10(3)9/h4H,1-3H3. The van der Waals surface area contributed by atoms with Crippen LogP contribution in [0.5, 0.6) is 0 Å². The molecule has 0 aliphatic rings. The molecule has 0 bridgehead atoms. The molecule has 1 aromatic heterocycles. The van der Waals surface area contributed by atoms with E-state index in [0.717, 1.165) is 5.69 Å². The molecule has 10 heavy (non-hydrogen) atoms. The topological polar surface area (TPSA) is 40.9 Å². The smallest absolute Gasteiger partial charge is 0.322 e. The van der Waals surface area contributed by atoms with Gasteiger partial charge in [0.05, 0.1) is 6.20 Å². The third kappa shape index (κ3) is 1.17. The van der Waals surface area contributed by atoms with Gasteiger partial charge in [-0.2, -0.15) is 4.98 Å². The Balaban J connectivity index is 3.05. The highest BCUT2D eigenvalue weighted by Gasteiger charge is 2.11. The van der Waals surface area contributed by atoms with Gasteiger partial charge in [0.2, 0.25) is 0 Å². The molecule has 1 unspecified atom stereocenters. The highest BCUT2D eigenvalue weighted by Crippen LogP contribution is 2.06. The average Bonchev–Trinajstić information content (AvgIpc) is 2.14. The number of hydrogen-bond donors (Lipinski definition) is 0. The molecule has 0 aliphatic heterocycles. The molecule has 56 valence electrons. The Labute approximate surface area is 63.3 Å². The third-order valence-electron chi connectivity index (χ3n) is 1.43. The maximum absolute atomic E-state index is 10.9. The molecule has 1 rings (SSSR count). The fourth-order valence-electron chi connectivity index (χ4n) is 0.740. The summed E-state index contributed by atoms with van der Waals surface area (Å²) in [5.41, 5.74) is 1.03. The van der Waals surface area contributed by atoms with E-state index < -0.39 is 11.2 Å². The Morgan fingerprint density at radius 3 is 2.50 bits per heavy atom. The largest absolute Gasteiger partial charge is 0.609 e. The summed E-state index contributed by atoms with van der Waals surface area (Å²) in [4.78, 5) is 3.98. The quantitative estimate of drug-likeness (QED) is 0.557. The van der Waals surface area contributed by atoms with Gasteiger partial charge in [0.1, 0.15) is 6.26 Å². The molecule has 3 nitrogen and oxygen atoms in total. The first-order valence-corrected chi connectivity index (χ1v) is 4.50. The maximum Gasteiger partial charge on any atom is 0.322 e. The van der Waals surface area contributed by atoms with Crippen LogP contribution < -0.4 is 0 Å². The molecule has 1 aromatic rings. The predicted octanol–water partition coefficient (Wildman–Crippen LogP) is 0.466. The highest BCUT2D eigenvalue weighted by atomic mass is 32.2. The first-order chi connectivity index (χ1) is 4.63. The molecular formula is C6H10N2OS. The van der Waals surface area contributed by atoms with E-state index in [1.54, 1.807) is 12.5 Å². The SMILES string of the molecule is Cc1cnc([S+](C)[O-])n1C. The van der Waals surface area contributed by atoms with Crippen LogP contribution in [0.2, 0.25) is 0 Å². The fraction of sp³-hybridized carbons (Fsp3) is 0.500. The molecule has 1 heterocycles. The number of rotatable bonds is 1. The van der Waals surface area contributed by atoms with E-state index in [0.29, 0.717) is 5.16 Å². The van der Waals surface area contributed by atoms with Crippen molar-refractivity contribution in [2.75, 3.05) is 6.26 Å². The van der Waals surface area contributed by atoms with Crippen LogP contribution in [-0.2, 0) is 18.2 Å². The zero-order chi connectivity index (χ0) is 7.72. The number of hydrogen-bond acceptors (Lipinski definition) is 2. The molecular weight excluding hydrogens is 148 g/mol. The van der Waals surface area contributed by atoms with Gasteiger partial charge in [0, 0.05) is 23.9 Å². The summed E-state index contributed by atoms with van der Waals surface area (Å²) in [5, 5.41) is 0.637. The van der Waals surface area contributed by atoms with Crippen LogP contribution in [0.25, 0.3) is 0 Å². The number of aromatic nitrogens is 2. The van der Waals surface area contributed by atoms with E-state index >= 15 is 0 Å². The Morgan fingerprint density at radius 1 is 1.70 bits per heavy atom. The van der Waals surface area contributed by atoms with Crippen molar-refractivity contribution in [3.63, 3.8) is 0 Å². The molecule has 0 saturated heterocycles. The van der Waals surface area contributed by atoms with E-state index in [1.165, 1.54) is 0 Å². The first kappa shape index (κ1) is 7.63. The van der Waals surface area contributed by atoms with Gasteiger partial charge in [0.15, 0.2) is 0 Å². The summed E-state index contributed by atoms with van der Waals surface area (Å²) in [6, 6.07) is 0. The highest BCUT2D eigenvalue weighted by molar-refractivity contribution is 7.90. The van der Waals surface area contributed by atoms with E-state index in [9.17, 15) is 4.55 Å². The van der Waals surface area contributed by atoms with Crippen LogP contribution >= 0.6 is 0 Å². The first-order valence-electron chi connectivity index (χ1n) is 2.94. The molecule has 0 N–H and O–H groups in total. The molecule has 0 saturated carbocycles. The molecule has 0 radical (unpaired) electrons. The number of aryl methyl sites for hydroxylation is 1. The van der Waals surface area contributed by atoms with E-state index in [-0.39, 0.29) is 0 Å². The van der Waals surface area contributed by atoms with Crippen molar-refractivity contribution in [1.29, 1.82) is 0 Å². The number of nitrogens with zero attached hydrogens (tertiary/aromatic N) is 2. The van der Waals surface area contributed by atoms with Gasteiger partial charge in [-0.25, -0.2) is 0 Å². The van der Waals surface area contributed by atoms with Crippen LogP contribution in [0.4, 0.5) is 0 Å². The molecule has 0 spiro atoms. The minimum atomic E-state index is -0.968. The maximum atomic E-state index is 10.9. The molecule has 0 fully saturated rings. The second-order valence-electron chi connectivity index (χ2n) is 2.20. The van der Waals surface area contributed by atoms with Crippen molar-refractivity contribution >= 4 is 11.2 Å². The summed E-state index contributed by atoms with van der Waals surface area (Å²) in [7, 11) is 1.86. The monoisotopic (exact) mass is 158 g/mol. The summed E-state index contributed by atoms with van der Waals surface area (Å²) in [5.74, 6) is 0. The third-order valence-corrected chi connectivity index (χ3v) is 2.33. The van der Waals surface area contributed by atoms with Crippen molar-refractivity contribution in [2.24, 2.45) is 7.05 Å². The van der Waals surface area contributed by atoms with Gasteiger partial charge in [-0.05, 0) is 6.92 Å². The summed E-state index contributed by atoms with van der Waals surface area (Å²) in [6.07, 6.45) is 3.35. The lowest BCUT2D eigenvalue weighted by Crippen LogP contribution is -2.06. The minimum absolute atomic E-state index is 0.637. The fourth-order valence-corrected chi connectivity index (χ4v) is 1.47. The Hall–Kier alpha value is -0.480. The molecule has 0 aromatic carbocycles. The Kier molecular flexibility index (Phi) is 2.01. The summed E-state index contributed by atoms with van der Waals surface area (Å²) >= 11 is -0.968. The van der Waals surface area contributed by atoms with Crippen LogP contribution in [-0.4, -0.2) is 20.4 Å². The Morgan fingerprint density at radius 2 is 2.30 bits per heavy atom. The minimum Gasteiger partial charge on any atom is -0.609 e. The zero-order valence-electron chi connectivity index (χ0n) is 6.29. The van der Waals surface area contributed by atoms with Crippen molar-refractivity contribution < 1.29 is 4.55 Å². The number of imidazole rings is 1. The summed E-state index contributed by atoms with van der Waals surface area (Å²) < 4.78 is 12.7. The second kappa shape index (κ2) is 2.64. The van der Waals surface area contributed by atoms with Crippen molar-refractivity contribution in [2.45, 2.75) is 12.1 Å². The molecule has 0 amide bonds. The summed E-state index contributed by atoms with van der Waals surface area (Å²) in [6.45, 7) is 1.93. The lowest BCUT2D eigenvalue weighted by atomic mass is 10.5. The van der Waals surface area contributed by atoms with Crippen LogP contribution in [0.1, 0.15) is 5.69 Å². The van der Waals surface area contributed by atoms with Crippen molar-refractivity contribution in [3.8, 4) is 0 Å². The van der Waals surface area contributed by atoms with Crippen LogP contribution in [0.3, 0.4) is 0 Å². The molecule has 4 heteroatoms. The second-order valence-corrected chi connectivity index (χ2v) is 3.47. The van der Waals surface area contributed by atoms with Crippen molar-refractivity contribution in [1.82, 2.24) is 9.55 Å². The lowest BCUT2D eigenvalue weighted by Gasteiger charge is -2.02. The van der Waals surface area contributed by atoms with Crippen LogP contribution in [0.15, 0.2) is 11.4 Å². The predicted molar refractivity (Wildman–Crippen MR) is 40.3 cm³/mol. The van der Waals surface area contributed by atoms with Gasteiger partial charge in [-0.1, -0.05) is 0 Å². The Bertz CT molecular complexity index is 232. The van der Waals surface area contributed by atoms with Gasteiger partial charge in [-0.3, -0.25) is 4.57 Å². The molecule has 1 atom stereocenters. The van der Waals surface area contributed by atoms with Gasteiger partial charge in [-0.15, -0.1) is 0 Å². The van der Waals surface area contributed by atoms with Crippen molar-refractivity contribution in [3.05, 3.63) is 11.9 Å². The van der Waals surface area contributed by atoms with Gasteiger partial charge >= 0.3 is 5.16 Å². The van der Waals surface area contributed by atoms with E-state index in [4.69, 9.17) is 0 Å². The van der Waals surface area contributed by atoms with E-state index in [2.05, 4.69) is 4.98 Å². The molecule has 0 aliphatic carbocycles.